The Labute approximate surface area is 161 Å². The molecular weight excluding hydrogens is 340 g/mol. The zero-order valence-electron chi connectivity index (χ0n) is 16.8. The Kier molecular flexibility index (Phi) is 6.74. The number of aromatic nitrogens is 1. The third-order valence-electron chi connectivity index (χ3n) is 5.36. The summed E-state index contributed by atoms with van der Waals surface area (Å²) in [6.07, 6.45) is 2.38. The number of hydrogen-bond acceptors (Lipinski definition) is 3. The van der Waals surface area contributed by atoms with E-state index in [-0.39, 0.29) is 6.03 Å². The summed E-state index contributed by atoms with van der Waals surface area (Å²) in [7, 11) is 3.64. The van der Waals surface area contributed by atoms with E-state index < -0.39 is 0 Å². The number of aryl methyl sites for hydroxylation is 1. The fourth-order valence-electron chi connectivity index (χ4n) is 3.94. The van der Waals surface area contributed by atoms with Gasteiger partial charge in [-0.2, -0.15) is 0 Å². The number of aromatic amines is 1. The number of nitrogens with zero attached hydrogens (tertiary/aromatic N) is 2. The lowest BCUT2D eigenvalue weighted by Gasteiger charge is -2.34. The number of rotatable bonds is 7. The number of methoxy groups -OCH3 is 1. The molecule has 2 heterocycles. The van der Waals surface area contributed by atoms with Crippen LogP contribution in [0.1, 0.15) is 24.1 Å². The molecule has 2 N–H and O–H groups in total. The van der Waals surface area contributed by atoms with E-state index in [9.17, 15) is 4.79 Å². The first-order chi connectivity index (χ1) is 13.0. The van der Waals surface area contributed by atoms with Gasteiger partial charge in [0.15, 0.2) is 0 Å². The molecule has 3 rings (SSSR count). The quantitative estimate of drug-likeness (QED) is 0.785. The Bertz CT molecular complexity index is 758. The van der Waals surface area contributed by atoms with Crippen molar-refractivity contribution in [2.45, 2.75) is 26.3 Å². The molecule has 1 saturated heterocycles. The predicted octanol–water partition coefficient (Wildman–Crippen LogP) is 2.98. The molecule has 0 aliphatic carbocycles. The molecule has 0 spiro atoms. The molecule has 1 aliphatic heterocycles. The van der Waals surface area contributed by atoms with Crippen LogP contribution in [0.5, 0.6) is 0 Å². The average Bonchev–Trinajstić information content (AvgIpc) is 3.04. The summed E-state index contributed by atoms with van der Waals surface area (Å²) in [5.41, 5.74) is 3.40. The second-order valence-corrected chi connectivity index (χ2v) is 7.71. The van der Waals surface area contributed by atoms with Crippen LogP contribution < -0.4 is 5.32 Å². The van der Waals surface area contributed by atoms with Crippen molar-refractivity contribution >= 4 is 16.9 Å². The monoisotopic (exact) mass is 372 g/mol. The molecule has 27 heavy (non-hydrogen) atoms. The average molecular weight is 373 g/mol. The molecule has 6 nitrogen and oxygen atoms in total. The number of fused-ring (bicyclic) bond motifs is 1. The zero-order valence-corrected chi connectivity index (χ0v) is 16.8. The van der Waals surface area contributed by atoms with Crippen molar-refractivity contribution in [3.63, 3.8) is 0 Å². The maximum absolute atomic E-state index is 12.5. The summed E-state index contributed by atoms with van der Waals surface area (Å²) < 4.78 is 5.18. The van der Waals surface area contributed by atoms with Gasteiger partial charge in [-0.3, -0.25) is 0 Å². The summed E-state index contributed by atoms with van der Waals surface area (Å²) in [5.74, 6) is 0.533. The summed E-state index contributed by atoms with van der Waals surface area (Å²) in [5, 5.41) is 4.23. The van der Waals surface area contributed by atoms with Crippen LogP contribution >= 0.6 is 0 Å². The maximum atomic E-state index is 12.5. The lowest BCUT2D eigenvalue weighted by molar-refractivity contribution is 0.105. The molecule has 1 aliphatic rings. The van der Waals surface area contributed by atoms with Gasteiger partial charge in [0, 0.05) is 51.5 Å². The van der Waals surface area contributed by atoms with Crippen molar-refractivity contribution < 1.29 is 9.53 Å². The second kappa shape index (κ2) is 9.24. The Morgan fingerprint density at radius 1 is 1.41 bits per heavy atom. The molecule has 1 unspecified atom stereocenters. The number of likely N-dealkylation sites (tertiary alicyclic amines) is 1. The number of ether oxygens (including phenoxy) is 1. The number of piperidine rings is 1. The molecule has 1 aromatic carbocycles. The van der Waals surface area contributed by atoms with E-state index in [2.05, 4.69) is 46.4 Å². The summed E-state index contributed by atoms with van der Waals surface area (Å²) in [6, 6.07) is 8.39. The number of hydrogen-bond donors (Lipinski definition) is 2. The molecule has 148 valence electrons. The summed E-state index contributed by atoms with van der Waals surface area (Å²) in [4.78, 5) is 20.1. The Morgan fingerprint density at radius 2 is 2.26 bits per heavy atom. The fourth-order valence-corrected chi connectivity index (χ4v) is 3.94. The molecular formula is C21H32N4O2. The first kappa shape index (κ1) is 19.7. The number of benzene rings is 1. The van der Waals surface area contributed by atoms with Crippen LogP contribution in [0.3, 0.4) is 0 Å². The summed E-state index contributed by atoms with van der Waals surface area (Å²) in [6.45, 7) is 7.33. The van der Waals surface area contributed by atoms with E-state index in [0.717, 1.165) is 49.6 Å². The molecule has 0 radical (unpaired) electrons. The van der Waals surface area contributed by atoms with Gasteiger partial charge in [-0.1, -0.05) is 6.07 Å². The van der Waals surface area contributed by atoms with Crippen LogP contribution in [0.25, 0.3) is 10.9 Å². The third kappa shape index (κ3) is 5.47. The van der Waals surface area contributed by atoms with Crippen molar-refractivity contribution in [2.75, 3.05) is 46.9 Å². The lowest BCUT2D eigenvalue weighted by Crippen LogP contribution is -2.45. The number of amides is 2. The highest BCUT2D eigenvalue weighted by molar-refractivity contribution is 5.81. The van der Waals surface area contributed by atoms with Crippen LogP contribution in [-0.2, 0) is 11.3 Å². The standard InChI is InChI=1S/C21H32N4O2/c1-16-11-19-12-17(6-7-20(19)23-16)13-22-21(26)24(2)14-18-5-4-8-25(15-18)9-10-27-3/h6-7,11-12,18,23H,4-5,8-10,13-15H2,1-3H3,(H,22,26). The van der Waals surface area contributed by atoms with Gasteiger partial charge in [-0.05, 0) is 61.4 Å². The lowest BCUT2D eigenvalue weighted by atomic mass is 9.97. The molecule has 6 heteroatoms. The normalized spacial score (nSPS) is 18.0. The summed E-state index contributed by atoms with van der Waals surface area (Å²) >= 11 is 0. The van der Waals surface area contributed by atoms with Gasteiger partial charge < -0.3 is 24.8 Å². The number of urea groups is 1. The Balaban J connectivity index is 1.46. The van der Waals surface area contributed by atoms with Gasteiger partial charge in [0.2, 0.25) is 0 Å². The molecule has 1 aromatic heterocycles. The van der Waals surface area contributed by atoms with Crippen molar-refractivity contribution in [2.24, 2.45) is 5.92 Å². The largest absolute Gasteiger partial charge is 0.383 e. The topological polar surface area (TPSA) is 60.6 Å². The van der Waals surface area contributed by atoms with Crippen molar-refractivity contribution in [3.05, 3.63) is 35.5 Å². The second-order valence-electron chi connectivity index (χ2n) is 7.71. The van der Waals surface area contributed by atoms with Crippen LogP contribution in [0.15, 0.2) is 24.3 Å². The zero-order chi connectivity index (χ0) is 19.2. The number of H-pyrrole nitrogens is 1. The molecule has 0 bridgehead atoms. The van der Waals surface area contributed by atoms with E-state index >= 15 is 0 Å². The first-order valence-electron chi connectivity index (χ1n) is 9.83. The van der Waals surface area contributed by atoms with Crippen molar-refractivity contribution in [3.8, 4) is 0 Å². The number of carbonyl (C=O) groups is 1. The maximum Gasteiger partial charge on any atom is 0.317 e. The highest BCUT2D eigenvalue weighted by Crippen LogP contribution is 2.18. The van der Waals surface area contributed by atoms with Crippen molar-refractivity contribution in [1.82, 2.24) is 20.1 Å². The Morgan fingerprint density at radius 3 is 3.07 bits per heavy atom. The van der Waals surface area contributed by atoms with Crippen LogP contribution in [-0.4, -0.2) is 67.8 Å². The first-order valence-corrected chi connectivity index (χ1v) is 9.83. The van der Waals surface area contributed by atoms with E-state index in [1.54, 1.807) is 7.11 Å². The molecule has 0 saturated carbocycles. The van der Waals surface area contributed by atoms with E-state index in [1.165, 1.54) is 18.2 Å². The number of carbonyl (C=O) groups excluding carboxylic acids is 1. The molecule has 2 amide bonds. The van der Waals surface area contributed by atoms with Crippen LogP contribution in [0.4, 0.5) is 4.79 Å². The van der Waals surface area contributed by atoms with Gasteiger partial charge in [0.05, 0.1) is 6.61 Å². The van der Waals surface area contributed by atoms with Gasteiger partial charge in [-0.25, -0.2) is 4.79 Å². The highest BCUT2D eigenvalue weighted by atomic mass is 16.5. The van der Waals surface area contributed by atoms with Gasteiger partial charge in [-0.15, -0.1) is 0 Å². The van der Waals surface area contributed by atoms with E-state index in [1.807, 2.05) is 11.9 Å². The minimum absolute atomic E-state index is 0.00522. The van der Waals surface area contributed by atoms with Crippen molar-refractivity contribution in [1.29, 1.82) is 0 Å². The van der Waals surface area contributed by atoms with Gasteiger partial charge in [0.1, 0.15) is 0 Å². The highest BCUT2D eigenvalue weighted by Gasteiger charge is 2.22. The van der Waals surface area contributed by atoms with Gasteiger partial charge in [0.25, 0.3) is 0 Å². The van der Waals surface area contributed by atoms with E-state index in [0.29, 0.717) is 12.5 Å². The number of nitrogens with one attached hydrogen (secondary N) is 2. The van der Waals surface area contributed by atoms with Crippen LogP contribution in [0, 0.1) is 12.8 Å². The van der Waals surface area contributed by atoms with Gasteiger partial charge >= 0.3 is 6.03 Å². The minimum Gasteiger partial charge on any atom is -0.383 e. The smallest absolute Gasteiger partial charge is 0.317 e. The minimum atomic E-state index is -0.00522. The Hall–Kier alpha value is -2.05. The predicted molar refractivity (Wildman–Crippen MR) is 109 cm³/mol. The fraction of sp³-hybridized carbons (Fsp3) is 0.571. The van der Waals surface area contributed by atoms with E-state index in [4.69, 9.17) is 4.74 Å². The molecule has 1 fully saturated rings. The van der Waals surface area contributed by atoms with Crippen LogP contribution in [0.2, 0.25) is 0 Å². The third-order valence-corrected chi connectivity index (χ3v) is 5.36. The molecule has 2 aromatic rings. The SMILES string of the molecule is COCCN1CCCC(CN(C)C(=O)NCc2ccc3[nH]c(C)cc3c2)C1. The molecule has 1 atom stereocenters.